The van der Waals surface area contributed by atoms with E-state index in [1.807, 2.05) is 0 Å². The third kappa shape index (κ3) is 2.27. The fraction of sp³-hybridized carbons (Fsp3) is 0.231. The summed E-state index contributed by atoms with van der Waals surface area (Å²) in [6.45, 7) is 1.31. The third-order valence-corrected chi connectivity index (χ3v) is 3.32. The second-order valence-electron chi connectivity index (χ2n) is 4.35. The van der Waals surface area contributed by atoms with Crippen molar-refractivity contribution in [1.29, 1.82) is 0 Å². The summed E-state index contributed by atoms with van der Waals surface area (Å²) in [5, 5.41) is 13.4. The monoisotopic (exact) mass is 279 g/mol. The van der Waals surface area contributed by atoms with Gasteiger partial charge in [-0.05, 0) is 18.2 Å². The predicted octanol–water partition coefficient (Wildman–Crippen LogP) is 2.29. The Morgan fingerprint density at radius 3 is 3.00 bits per heavy atom. The molecular formula is C13H11ClFN3O. The lowest BCUT2D eigenvalue weighted by atomic mass is 10.1. The van der Waals surface area contributed by atoms with Crippen molar-refractivity contribution in [3.8, 4) is 17.3 Å². The van der Waals surface area contributed by atoms with Crippen LogP contribution in [-0.2, 0) is 13.0 Å². The summed E-state index contributed by atoms with van der Waals surface area (Å²) in [5.41, 5.74) is 1.63. The van der Waals surface area contributed by atoms with Gasteiger partial charge in [0.15, 0.2) is 5.82 Å². The Morgan fingerprint density at radius 1 is 1.32 bits per heavy atom. The number of rotatable bonds is 1. The van der Waals surface area contributed by atoms with Crippen LogP contribution >= 0.6 is 11.6 Å². The number of halogens is 2. The molecule has 2 heterocycles. The van der Waals surface area contributed by atoms with E-state index in [1.54, 1.807) is 0 Å². The molecule has 1 aliphatic rings. The molecule has 98 valence electrons. The molecule has 1 aromatic carbocycles. The highest BCUT2D eigenvalue weighted by atomic mass is 35.5. The van der Waals surface area contributed by atoms with Crippen LogP contribution in [0.5, 0.6) is 5.88 Å². The van der Waals surface area contributed by atoms with Gasteiger partial charge in [0.1, 0.15) is 5.82 Å². The van der Waals surface area contributed by atoms with Gasteiger partial charge in [0.05, 0.1) is 11.3 Å². The number of nitrogens with one attached hydrogen (secondary N) is 1. The van der Waals surface area contributed by atoms with Crippen LogP contribution in [0.4, 0.5) is 4.39 Å². The molecule has 0 saturated carbocycles. The number of hydrogen-bond acceptors (Lipinski definition) is 4. The Morgan fingerprint density at radius 2 is 2.16 bits per heavy atom. The molecule has 2 aromatic rings. The minimum Gasteiger partial charge on any atom is -0.493 e. The molecule has 0 atom stereocenters. The average molecular weight is 280 g/mol. The standard InChI is InChI=1S/C13H11ClFN3O/c14-7-1-2-10(15)8(5-7)12-17-11-3-4-16-6-9(11)13(19)18-12/h1-2,5,16H,3-4,6H2,(H,17,18,19). The molecule has 0 radical (unpaired) electrons. The molecule has 0 unspecified atom stereocenters. The number of fused-ring (bicyclic) bond motifs is 1. The van der Waals surface area contributed by atoms with Crippen molar-refractivity contribution < 1.29 is 9.50 Å². The van der Waals surface area contributed by atoms with Crippen LogP contribution in [0.25, 0.3) is 11.4 Å². The number of aromatic hydroxyl groups is 1. The molecule has 0 saturated heterocycles. The van der Waals surface area contributed by atoms with Crippen LogP contribution in [-0.4, -0.2) is 21.6 Å². The molecular weight excluding hydrogens is 269 g/mol. The third-order valence-electron chi connectivity index (χ3n) is 3.08. The van der Waals surface area contributed by atoms with Crippen molar-refractivity contribution in [2.75, 3.05) is 6.54 Å². The van der Waals surface area contributed by atoms with E-state index in [0.29, 0.717) is 23.6 Å². The zero-order valence-corrected chi connectivity index (χ0v) is 10.7. The van der Waals surface area contributed by atoms with Crippen LogP contribution in [0.3, 0.4) is 0 Å². The molecule has 0 bridgehead atoms. The van der Waals surface area contributed by atoms with E-state index in [4.69, 9.17) is 11.6 Å². The maximum Gasteiger partial charge on any atom is 0.219 e. The number of aromatic nitrogens is 2. The first-order chi connectivity index (χ1) is 9.15. The van der Waals surface area contributed by atoms with Gasteiger partial charge in [0.25, 0.3) is 0 Å². The van der Waals surface area contributed by atoms with Gasteiger partial charge in [0.2, 0.25) is 5.88 Å². The molecule has 6 heteroatoms. The zero-order valence-electron chi connectivity index (χ0n) is 9.95. The maximum atomic E-state index is 13.8. The lowest BCUT2D eigenvalue weighted by Gasteiger charge is -2.17. The number of hydrogen-bond donors (Lipinski definition) is 2. The summed E-state index contributed by atoms with van der Waals surface area (Å²) in [4.78, 5) is 8.30. The molecule has 1 aliphatic heterocycles. The highest BCUT2D eigenvalue weighted by Gasteiger charge is 2.19. The van der Waals surface area contributed by atoms with Crippen LogP contribution in [0.2, 0.25) is 5.02 Å². The van der Waals surface area contributed by atoms with Crippen LogP contribution in [0, 0.1) is 5.82 Å². The molecule has 1 aromatic heterocycles. The fourth-order valence-electron chi connectivity index (χ4n) is 2.11. The normalized spacial score (nSPS) is 14.2. The van der Waals surface area contributed by atoms with Gasteiger partial charge in [-0.3, -0.25) is 0 Å². The second-order valence-corrected chi connectivity index (χ2v) is 4.78. The fourth-order valence-corrected chi connectivity index (χ4v) is 2.29. The first-order valence-electron chi connectivity index (χ1n) is 5.90. The van der Waals surface area contributed by atoms with Gasteiger partial charge < -0.3 is 10.4 Å². The molecule has 0 amide bonds. The summed E-state index contributed by atoms with van der Waals surface area (Å²) in [7, 11) is 0. The van der Waals surface area contributed by atoms with Crippen LogP contribution in [0.15, 0.2) is 18.2 Å². The van der Waals surface area contributed by atoms with Gasteiger partial charge in [-0.2, -0.15) is 4.98 Å². The molecule has 19 heavy (non-hydrogen) atoms. The molecule has 0 spiro atoms. The average Bonchev–Trinajstić information content (AvgIpc) is 2.41. The van der Waals surface area contributed by atoms with Crippen molar-refractivity contribution >= 4 is 11.6 Å². The van der Waals surface area contributed by atoms with Crippen LogP contribution < -0.4 is 5.32 Å². The van der Waals surface area contributed by atoms with E-state index in [2.05, 4.69) is 15.3 Å². The quantitative estimate of drug-likeness (QED) is 0.841. The first-order valence-corrected chi connectivity index (χ1v) is 6.28. The summed E-state index contributed by atoms with van der Waals surface area (Å²) < 4.78 is 13.8. The lowest BCUT2D eigenvalue weighted by molar-refractivity contribution is 0.435. The summed E-state index contributed by atoms with van der Waals surface area (Å²) >= 11 is 5.86. The molecule has 3 rings (SSSR count). The van der Waals surface area contributed by atoms with Crippen LogP contribution in [0.1, 0.15) is 11.3 Å². The van der Waals surface area contributed by atoms with E-state index in [9.17, 15) is 9.50 Å². The molecule has 0 aliphatic carbocycles. The number of nitrogens with zero attached hydrogens (tertiary/aromatic N) is 2. The van der Waals surface area contributed by atoms with Gasteiger partial charge in [-0.15, -0.1) is 0 Å². The van der Waals surface area contributed by atoms with Crippen molar-refractivity contribution in [2.24, 2.45) is 0 Å². The Bertz CT molecular complexity index is 648. The second kappa shape index (κ2) is 4.75. The SMILES string of the molecule is Oc1nc(-c2cc(Cl)ccc2F)nc2c1CNCC2. The highest BCUT2D eigenvalue weighted by molar-refractivity contribution is 6.30. The highest BCUT2D eigenvalue weighted by Crippen LogP contribution is 2.28. The van der Waals surface area contributed by atoms with Crippen molar-refractivity contribution in [3.05, 3.63) is 40.3 Å². The topological polar surface area (TPSA) is 58.0 Å². The smallest absolute Gasteiger partial charge is 0.219 e. The Balaban J connectivity index is 2.15. The largest absolute Gasteiger partial charge is 0.493 e. The van der Waals surface area contributed by atoms with E-state index in [-0.39, 0.29) is 17.3 Å². The zero-order chi connectivity index (χ0) is 13.4. The van der Waals surface area contributed by atoms with Crippen molar-refractivity contribution in [3.63, 3.8) is 0 Å². The summed E-state index contributed by atoms with van der Waals surface area (Å²) in [5.74, 6) is -0.401. The van der Waals surface area contributed by atoms with E-state index in [1.165, 1.54) is 18.2 Å². The van der Waals surface area contributed by atoms with Crippen molar-refractivity contribution in [1.82, 2.24) is 15.3 Å². The Hall–Kier alpha value is -1.72. The van der Waals surface area contributed by atoms with Gasteiger partial charge in [0, 0.05) is 30.1 Å². The molecule has 0 fully saturated rings. The first kappa shape index (κ1) is 12.3. The maximum absolute atomic E-state index is 13.8. The molecule has 2 N–H and O–H groups in total. The molecule has 4 nitrogen and oxygen atoms in total. The van der Waals surface area contributed by atoms with Gasteiger partial charge in [-0.1, -0.05) is 11.6 Å². The van der Waals surface area contributed by atoms with E-state index in [0.717, 1.165) is 12.2 Å². The van der Waals surface area contributed by atoms with Gasteiger partial charge in [-0.25, -0.2) is 9.37 Å². The predicted molar refractivity (Wildman–Crippen MR) is 69.5 cm³/mol. The number of benzene rings is 1. The lowest BCUT2D eigenvalue weighted by Crippen LogP contribution is -2.25. The van der Waals surface area contributed by atoms with E-state index >= 15 is 0 Å². The Labute approximate surface area is 114 Å². The summed E-state index contributed by atoms with van der Waals surface area (Å²) in [6.07, 6.45) is 0.681. The van der Waals surface area contributed by atoms with Crippen molar-refractivity contribution in [2.45, 2.75) is 13.0 Å². The van der Waals surface area contributed by atoms with Gasteiger partial charge >= 0.3 is 0 Å². The summed E-state index contributed by atoms with van der Waals surface area (Å²) in [6, 6.07) is 4.18. The Kier molecular flexibility index (Phi) is 3.08. The minimum atomic E-state index is -0.460. The van der Waals surface area contributed by atoms with E-state index < -0.39 is 5.82 Å². The minimum absolute atomic E-state index is 0.105.